The minimum atomic E-state index is -0.459. The number of hydrogen-bond donors (Lipinski definition) is 3. The van der Waals surface area contributed by atoms with Gasteiger partial charge in [-0.15, -0.1) is 6.42 Å². The van der Waals surface area contributed by atoms with E-state index in [1.54, 1.807) is 0 Å². The number of hydrogen-bond acceptors (Lipinski definition) is 4. The van der Waals surface area contributed by atoms with Crippen molar-refractivity contribution in [3.05, 3.63) is 24.0 Å². The molecule has 1 aromatic carbocycles. The molecule has 3 N–H and O–H groups in total. The second-order valence-corrected chi connectivity index (χ2v) is 4.60. The summed E-state index contributed by atoms with van der Waals surface area (Å²) in [5, 5.41) is 2.65. The molecule has 0 saturated carbocycles. The molecule has 5 nitrogen and oxygen atoms in total. The first-order chi connectivity index (χ1) is 9.60. The first-order valence-corrected chi connectivity index (χ1v) is 6.28. The summed E-state index contributed by atoms with van der Waals surface area (Å²) in [6.07, 6.45) is 5.77. The Bertz CT molecular complexity index is 542. The van der Waals surface area contributed by atoms with Crippen LogP contribution >= 0.6 is 0 Å². The Morgan fingerprint density at radius 2 is 2.40 bits per heavy atom. The average molecular weight is 277 g/mol. The van der Waals surface area contributed by atoms with Gasteiger partial charge in [-0.05, 0) is 25.5 Å². The highest BCUT2D eigenvalue weighted by Gasteiger charge is 2.27. The Labute approximate surface area is 116 Å². The molecule has 2 rings (SSSR count). The molecule has 0 spiro atoms. The van der Waals surface area contributed by atoms with Crippen molar-refractivity contribution in [2.45, 2.75) is 25.4 Å². The molecule has 6 heteroatoms. The summed E-state index contributed by atoms with van der Waals surface area (Å²) in [6.45, 7) is 2.01. The third-order valence-electron chi connectivity index (χ3n) is 2.92. The van der Waals surface area contributed by atoms with Crippen LogP contribution in [0.25, 0.3) is 0 Å². The van der Waals surface area contributed by atoms with Gasteiger partial charge in [0.1, 0.15) is 24.2 Å². The Balaban J connectivity index is 2.09. The number of carbonyl (C=O) groups is 1. The molecular formula is C14H16FN3O2. The van der Waals surface area contributed by atoms with Crippen LogP contribution in [0.4, 0.5) is 10.1 Å². The minimum absolute atomic E-state index is 0.0504. The normalized spacial score (nSPS) is 21.2. The summed E-state index contributed by atoms with van der Waals surface area (Å²) in [5.74, 6) is 1.95. The lowest BCUT2D eigenvalue weighted by atomic mass is 10.1. The van der Waals surface area contributed by atoms with Gasteiger partial charge in [-0.1, -0.05) is 5.92 Å². The topological polar surface area (TPSA) is 62.4 Å². The molecule has 1 aromatic rings. The lowest BCUT2D eigenvalue weighted by Crippen LogP contribution is -2.40. The number of rotatable bonds is 4. The quantitative estimate of drug-likeness (QED) is 0.719. The van der Waals surface area contributed by atoms with Gasteiger partial charge in [-0.3, -0.25) is 10.2 Å². The average Bonchev–Trinajstić information content (AvgIpc) is 2.85. The Kier molecular flexibility index (Phi) is 4.56. The van der Waals surface area contributed by atoms with Crippen LogP contribution in [-0.2, 0) is 4.79 Å². The molecule has 0 radical (unpaired) electrons. The van der Waals surface area contributed by atoms with Crippen molar-refractivity contribution in [1.82, 2.24) is 10.9 Å². The van der Waals surface area contributed by atoms with Gasteiger partial charge in [0.15, 0.2) is 0 Å². The fraction of sp³-hybridized carbons (Fsp3) is 0.357. The lowest BCUT2D eigenvalue weighted by Gasteiger charge is -2.14. The number of ether oxygens (including phenoxy) is 1. The zero-order valence-corrected chi connectivity index (χ0v) is 11.1. The zero-order valence-electron chi connectivity index (χ0n) is 11.1. The van der Waals surface area contributed by atoms with Gasteiger partial charge in [0.2, 0.25) is 5.91 Å². The molecule has 106 valence electrons. The van der Waals surface area contributed by atoms with E-state index < -0.39 is 5.82 Å². The molecule has 1 aliphatic rings. The summed E-state index contributed by atoms with van der Waals surface area (Å²) in [5.41, 5.74) is 6.10. The van der Waals surface area contributed by atoms with Gasteiger partial charge in [-0.2, -0.15) is 0 Å². The number of benzene rings is 1. The van der Waals surface area contributed by atoms with E-state index in [9.17, 15) is 9.18 Å². The van der Waals surface area contributed by atoms with Crippen molar-refractivity contribution in [1.29, 1.82) is 0 Å². The van der Waals surface area contributed by atoms with Crippen LogP contribution in [0.15, 0.2) is 18.2 Å². The molecular weight excluding hydrogens is 261 g/mol. The fourth-order valence-electron chi connectivity index (χ4n) is 1.95. The summed E-state index contributed by atoms with van der Waals surface area (Å²) >= 11 is 0. The van der Waals surface area contributed by atoms with Crippen LogP contribution in [0.1, 0.15) is 13.3 Å². The highest BCUT2D eigenvalue weighted by Crippen LogP contribution is 2.25. The molecule has 2 atom stereocenters. The second-order valence-electron chi connectivity index (χ2n) is 4.60. The predicted molar refractivity (Wildman–Crippen MR) is 73.5 cm³/mol. The van der Waals surface area contributed by atoms with Crippen LogP contribution in [0.3, 0.4) is 0 Å². The van der Waals surface area contributed by atoms with Crippen molar-refractivity contribution in [2.75, 3.05) is 11.9 Å². The highest BCUT2D eigenvalue weighted by molar-refractivity contribution is 5.96. The second kappa shape index (κ2) is 6.37. The third kappa shape index (κ3) is 3.47. The highest BCUT2D eigenvalue weighted by atomic mass is 19.1. The molecule has 1 aliphatic heterocycles. The summed E-state index contributed by atoms with van der Waals surface area (Å²) in [4.78, 5) is 12.1. The number of nitrogens with one attached hydrogen (secondary N) is 3. The number of halogens is 1. The maximum absolute atomic E-state index is 13.3. The van der Waals surface area contributed by atoms with E-state index in [-0.39, 0.29) is 30.3 Å². The standard InChI is InChI=1S/C14H16FN3O2/c1-3-6-20-13-5-4-10(15)8-11(13)16-14(19)12-7-9(2)17-18-12/h1,4-5,8-9,12,17-18H,6-7H2,2H3,(H,16,19). The molecule has 1 heterocycles. The van der Waals surface area contributed by atoms with Crippen LogP contribution < -0.4 is 20.9 Å². The van der Waals surface area contributed by atoms with Crippen LogP contribution in [0, 0.1) is 18.2 Å². The first-order valence-electron chi connectivity index (χ1n) is 6.28. The van der Waals surface area contributed by atoms with Gasteiger partial charge < -0.3 is 10.1 Å². The van der Waals surface area contributed by atoms with Gasteiger partial charge >= 0.3 is 0 Å². The van der Waals surface area contributed by atoms with Gasteiger partial charge in [0, 0.05) is 12.1 Å². The molecule has 0 aliphatic carbocycles. The number of anilines is 1. The van der Waals surface area contributed by atoms with Gasteiger partial charge in [0.25, 0.3) is 0 Å². The summed E-state index contributed by atoms with van der Waals surface area (Å²) in [7, 11) is 0. The third-order valence-corrected chi connectivity index (χ3v) is 2.92. The number of carbonyl (C=O) groups excluding carboxylic acids is 1. The smallest absolute Gasteiger partial charge is 0.243 e. The van der Waals surface area contributed by atoms with E-state index in [1.165, 1.54) is 18.2 Å². The number of amides is 1. The van der Waals surface area contributed by atoms with Crippen LogP contribution in [0.5, 0.6) is 5.75 Å². The van der Waals surface area contributed by atoms with Crippen molar-refractivity contribution in [2.24, 2.45) is 0 Å². The maximum atomic E-state index is 13.3. The van der Waals surface area contributed by atoms with E-state index in [0.29, 0.717) is 12.2 Å². The lowest BCUT2D eigenvalue weighted by molar-refractivity contribution is -0.117. The number of hydrazine groups is 1. The van der Waals surface area contributed by atoms with Gasteiger partial charge in [-0.25, -0.2) is 9.82 Å². The van der Waals surface area contributed by atoms with Crippen molar-refractivity contribution >= 4 is 11.6 Å². The number of terminal acetylenes is 1. The Hall–Kier alpha value is -2.10. The Morgan fingerprint density at radius 3 is 3.05 bits per heavy atom. The van der Waals surface area contributed by atoms with E-state index in [2.05, 4.69) is 22.1 Å². The molecule has 1 amide bonds. The molecule has 2 unspecified atom stereocenters. The minimum Gasteiger partial charge on any atom is -0.479 e. The molecule has 20 heavy (non-hydrogen) atoms. The van der Waals surface area contributed by atoms with E-state index >= 15 is 0 Å². The Morgan fingerprint density at radius 1 is 1.60 bits per heavy atom. The molecule has 0 aromatic heterocycles. The monoisotopic (exact) mass is 277 g/mol. The summed E-state index contributed by atoms with van der Waals surface area (Å²) < 4.78 is 18.6. The summed E-state index contributed by atoms with van der Waals surface area (Å²) in [6, 6.07) is 3.73. The van der Waals surface area contributed by atoms with Gasteiger partial charge in [0.05, 0.1) is 5.69 Å². The van der Waals surface area contributed by atoms with E-state index in [1.807, 2.05) is 6.92 Å². The van der Waals surface area contributed by atoms with Crippen LogP contribution in [-0.4, -0.2) is 24.6 Å². The van der Waals surface area contributed by atoms with E-state index in [4.69, 9.17) is 11.2 Å². The fourth-order valence-corrected chi connectivity index (χ4v) is 1.95. The van der Waals surface area contributed by atoms with Crippen molar-refractivity contribution < 1.29 is 13.9 Å². The molecule has 1 saturated heterocycles. The predicted octanol–water partition coefficient (Wildman–Crippen LogP) is 1.03. The SMILES string of the molecule is C#CCOc1ccc(F)cc1NC(=O)C1CC(C)NN1. The van der Waals surface area contributed by atoms with E-state index in [0.717, 1.165) is 0 Å². The maximum Gasteiger partial charge on any atom is 0.243 e. The van der Waals surface area contributed by atoms with Crippen molar-refractivity contribution in [3.8, 4) is 18.1 Å². The molecule has 1 fully saturated rings. The largest absolute Gasteiger partial charge is 0.479 e. The molecule has 0 bridgehead atoms. The van der Waals surface area contributed by atoms with Crippen LogP contribution in [0.2, 0.25) is 0 Å². The van der Waals surface area contributed by atoms with Crippen molar-refractivity contribution in [3.63, 3.8) is 0 Å². The zero-order chi connectivity index (χ0) is 14.5. The first kappa shape index (κ1) is 14.3.